The molecule has 0 radical (unpaired) electrons. The molecule has 132 valence electrons. The normalized spacial score (nSPS) is 10.2. The van der Waals surface area contributed by atoms with Gasteiger partial charge in [-0.25, -0.2) is 0 Å². The van der Waals surface area contributed by atoms with Gasteiger partial charge in [0.15, 0.2) is 0 Å². The fraction of sp³-hybridized carbons (Fsp3) is 0.222. The number of amides is 2. The third kappa shape index (κ3) is 5.48. The number of halogens is 1. The predicted octanol–water partition coefficient (Wildman–Crippen LogP) is 3.58. The van der Waals surface area contributed by atoms with Crippen LogP contribution in [0.2, 0.25) is 5.02 Å². The summed E-state index contributed by atoms with van der Waals surface area (Å²) in [6.07, 6.45) is 0. The van der Waals surface area contributed by atoms with Crippen LogP contribution < -0.4 is 15.4 Å². The number of methoxy groups -OCH3 is 1. The number of hydrogen-bond acceptors (Lipinski definition) is 4. The Hall–Kier alpha value is -2.57. The van der Waals surface area contributed by atoms with Crippen LogP contribution in [0.25, 0.3) is 0 Å². The Kier molecular flexibility index (Phi) is 6.80. The van der Waals surface area contributed by atoms with E-state index in [1.807, 2.05) is 6.92 Å². The van der Waals surface area contributed by atoms with Crippen molar-refractivity contribution < 1.29 is 19.1 Å². The van der Waals surface area contributed by atoms with Gasteiger partial charge in [0.25, 0.3) is 5.91 Å². The number of carbonyl (C=O) groups excluding carboxylic acids is 2. The summed E-state index contributed by atoms with van der Waals surface area (Å²) >= 11 is 6.05. The summed E-state index contributed by atoms with van der Waals surface area (Å²) in [5.74, 6) is 0.0617. The zero-order valence-corrected chi connectivity index (χ0v) is 14.7. The Morgan fingerprint density at radius 1 is 1.08 bits per heavy atom. The molecule has 0 heterocycles. The van der Waals surface area contributed by atoms with Crippen molar-refractivity contribution in [3.63, 3.8) is 0 Å². The molecule has 0 spiro atoms. The Bertz CT molecular complexity index is 747. The molecule has 6 nitrogen and oxygen atoms in total. The quantitative estimate of drug-likeness (QED) is 0.789. The summed E-state index contributed by atoms with van der Waals surface area (Å²) in [4.78, 5) is 24.0. The number of nitrogens with one attached hydrogen (secondary N) is 2. The monoisotopic (exact) mass is 362 g/mol. The standard InChI is InChI=1S/C18H19ClN2O4/c1-3-25-14-7-5-13(6-8-14)20-18(23)12-4-9-15(19)16(10-12)21-17(22)11-24-2/h4-10H,3,11H2,1-2H3,(H,20,23)(H,21,22). The van der Waals surface area contributed by atoms with Crippen molar-refractivity contribution in [1.29, 1.82) is 0 Å². The van der Waals surface area contributed by atoms with Crippen molar-refractivity contribution in [3.05, 3.63) is 53.1 Å². The summed E-state index contributed by atoms with van der Waals surface area (Å²) in [5.41, 5.74) is 1.35. The van der Waals surface area contributed by atoms with E-state index in [-0.39, 0.29) is 18.4 Å². The molecule has 0 saturated carbocycles. The van der Waals surface area contributed by atoms with E-state index in [2.05, 4.69) is 10.6 Å². The van der Waals surface area contributed by atoms with Crippen LogP contribution in [0.1, 0.15) is 17.3 Å². The van der Waals surface area contributed by atoms with Crippen LogP contribution in [0.4, 0.5) is 11.4 Å². The third-order valence-corrected chi connectivity index (χ3v) is 3.53. The zero-order chi connectivity index (χ0) is 18.2. The fourth-order valence-electron chi connectivity index (χ4n) is 2.08. The summed E-state index contributed by atoms with van der Waals surface area (Å²) in [6, 6.07) is 11.7. The van der Waals surface area contributed by atoms with Crippen molar-refractivity contribution in [3.8, 4) is 5.75 Å². The first-order valence-corrected chi connectivity index (χ1v) is 8.03. The van der Waals surface area contributed by atoms with Crippen LogP contribution >= 0.6 is 11.6 Å². The summed E-state index contributed by atoms with van der Waals surface area (Å²) < 4.78 is 10.1. The number of ether oxygens (including phenoxy) is 2. The molecule has 0 unspecified atom stereocenters. The first kappa shape index (κ1) is 18.8. The van der Waals surface area contributed by atoms with Crippen molar-refractivity contribution in [2.75, 3.05) is 31.0 Å². The van der Waals surface area contributed by atoms with E-state index in [1.54, 1.807) is 36.4 Å². The van der Waals surface area contributed by atoms with Gasteiger partial charge >= 0.3 is 0 Å². The van der Waals surface area contributed by atoms with Gasteiger partial charge in [0.05, 0.1) is 17.3 Å². The highest BCUT2D eigenvalue weighted by Gasteiger charge is 2.11. The molecular weight excluding hydrogens is 344 g/mol. The van der Waals surface area contributed by atoms with Gasteiger partial charge in [0.2, 0.25) is 5.91 Å². The molecule has 25 heavy (non-hydrogen) atoms. The summed E-state index contributed by atoms with van der Waals surface area (Å²) in [7, 11) is 1.42. The van der Waals surface area contributed by atoms with E-state index in [9.17, 15) is 9.59 Å². The van der Waals surface area contributed by atoms with E-state index in [0.717, 1.165) is 5.75 Å². The van der Waals surface area contributed by atoms with Gasteiger partial charge in [-0.3, -0.25) is 9.59 Å². The molecule has 0 bridgehead atoms. The van der Waals surface area contributed by atoms with Gasteiger partial charge in [-0.05, 0) is 49.4 Å². The highest BCUT2D eigenvalue weighted by molar-refractivity contribution is 6.34. The van der Waals surface area contributed by atoms with Gasteiger partial charge in [0, 0.05) is 18.4 Å². The lowest BCUT2D eigenvalue weighted by atomic mass is 10.1. The maximum atomic E-state index is 12.4. The lowest BCUT2D eigenvalue weighted by Crippen LogP contribution is -2.18. The van der Waals surface area contributed by atoms with Crippen LogP contribution in [0.5, 0.6) is 5.75 Å². The van der Waals surface area contributed by atoms with E-state index >= 15 is 0 Å². The first-order valence-electron chi connectivity index (χ1n) is 7.66. The average Bonchev–Trinajstić information content (AvgIpc) is 2.59. The number of hydrogen-bond donors (Lipinski definition) is 2. The van der Waals surface area contributed by atoms with Crippen LogP contribution in [0.15, 0.2) is 42.5 Å². The molecule has 0 aliphatic heterocycles. The van der Waals surface area contributed by atoms with Crippen molar-refractivity contribution in [1.82, 2.24) is 0 Å². The largest absolute Gasteiger partial charge is 0.494 e. The van der Waals surface area contributed by atoms with Gasteiger partial charge < -0.3 is 20.1 Å². The van der Waals surface area contributed by atoms with Crippen LogP contribution in [0.3, 0.4) is 0 Å². The number of rotatable bonds is 7. The highest BCUT2D eigenvalue weighted by Crippen LogP contribution is 2.24. The van der Waals surface area contributed by atoms with Gasteiger partial charge in [-0.2, -0.15) is 0 Å². The van der Waals surface area contributed by atoms with Crippen molar-refractivity contribution in [2.24, 2.45) is 0 Å². The van der Waals surface area contributed by atoms with E-state index < -0.39 is 0 Å². The van der Waals surface area contributed by atoms with Gasteiger partial charge in [0.1, 0.15) is 12.4 Å². The molecule has 2 amide bonds. The van der Waals surface area contributed by atoms with Crippen LogP contribution in [-0.2, 0) is 9.53 Å². The van der Waals surface area contributed by atoms with Crippen molar-refractivity contribution in [2.45, 2.75) is 6.92 Å². The molecule has 0 aromatic heterocycles. The second-order valence-corrected chi connectivity index (χ2v) is 5.49. The second-order valence-electron chi connectivity index (χ2n) is 5.09. The minimum absolute atomic E-state index is 0.0983. The molecule has 2 rings (SSSR count). The zero-order valence-electron chi connectivity index (χ0n) is 14.0. The van der Waals surface area contributed by atoms with Gasteiger partial charge in [-0.1, -0.05) is 11.6 Å². The SMILES string of the molecule is CCOc1ccc(NC(=O)c2ccc(Cl)c(NC(=O)COC)c2)cc1. The second kappa shape index (κ2) is 9.05. The third-order valence-electron chi connectivity index (χ3n) is 3.20. The Morgan fingerprint density at radius 3 is 2.44 bits per heavy atom. The molecule has 0 saturated heterocycles. The minimum atomic E-state index is -0.353. The molecule has 0 aliphatic carbocycles. The molecule has 0 fully saturated rings. The summed E-state index contributed by atoms with van der Waals surface area (Å²) in [5, 5.41) is 5.71. The van der Waals surface area contributed by atoms with E-state index in [1.165, 1.54) is 13.2 Å². The topological polar surface area (TPSA) is 76.7 Å². The average molecular weight is 363 g/mol. The Morgan fingerprint density at radius 2 is 1.80 bits per heavy atom. The lowest BCUT2D eigenvalue weighted by molar-refractivity contribution is -0.119. The summed E-state index contributed by atoms with van der Waals surface area (Å²) in [6.45, 7) is 2.38. The molecular formula is C18H19ClN2O4. The minimum Gasteiger partial charge on any atom is -0.494 e. The number of benzene rings is 2. The molecule has 2 aromatic carbocycles. The Labute approximate surface area is 151 Å². The molecule has 2 N–H and O–H groups in total. The van der Waals surface area contributed by atoms with E-state index in [0.29, 0.717) is 28.6 Å². The van der Waals surface area contributed by atoms with Crippen LogP contribution in [-0.4, -0.2) is 32.1 Å². The number of anilines is 2. The maximum absolute atomic E-state index is 12.4. The first-order chi connectivity index (χ1) is 12.0. The molecule has 0 atom stereocenters. The van der Waals surface area contributed by atoms with Crippen LogP contribution in [0, 0.1) is 0 Å². The highest BCUT2D eigenvalue weighted by atomic mass is 35.5. The maximum Gasteiger partial charge on any atom is 0.255 e. The van der Waals surface area contributed by atoms with Gasteiger partial charge in [-0.15, -0.1) is 0 Å². The lowest BCUT2D eigenvalue weighted by Gasteiger charge is -2.10. The number of carbonyl (C=O) groups is 2. The smallest absolute Gasteiger partial charge is 0.255 e. The molecule has 2 aromatic rings. The predicted molar refractivity (Wildman–Crippen MR) is 97.5 cm³/mol. The molecule has 7 heteroatoms. The van der Waals surface area contributed by atoms with E-state index in [4.69, 9.17) is 21.1 Å². The molecule has 0 aliphatic rings. The Balaban J connectivity index is 2.09. The van der Waals surface area contributed by atoms with Crippen molar-refractivity contribution >= 4 is 34.8 Å². The fourth-order valence-corrected chi connectivity index (χ4v) is 2.25.